The molecule has 3 aromatic carbocycles. The third-order valence-electron chi connectivity index (χ3n) is 4.92. The predicted molar refractivity (Wildman–Crippen MR) is 135 cm³/mol. The minimum absolute atomic E-state index is 0.0956. The lowest BCUT2D eigenvalue weighted by atomic mass is 10.2. The number of nitrogens with one attached hydrogen (secondary N) is 2. The second kappa shape index (κ2) is 9.27. The summed E-state index contributed by atoms with van der Waals surface area (Å²) in [5.74, 6) is 1.92. The van der Waals surface area contributed by atoms with Gasteiger partial charge in [0.2, 0.25) is 5.91 Å². The molecule has 0 fully saturated rings. The van der Waals surface area contributed by atoms with Crippen LogP contribution in [0.3, 0.4) is 0 Å². The number of carbonyl (C=O) groups is 1. The summed E-state index contributed by atoms with van der Waals surface area (Å²) >= 11 is 13.5. The molecule has 0 atom stereocenters. The van der Waals surface area contributed by atoms with Crippen LogP contribution >= 0.6 is 34.5 Å². The smallest absolute Gasteiger partial charge is 0.229 e. The summed E-state index contributed by atoms with van der Waals surface area (Å²) in [5, 5.41) is 3.48. The quantitative estimate of drug-likeness (QED) is 0.256. The van der Waals surface area contributed by atoms with Gasteiger partial charge < -0.3 is 15.0 Å². The van der Waals surface area contributed by atoms with E-state index in [1.807, 2.05) is 66.7 Å². The molecule has 2 N–H and O–H groups in total. The van der Waals surface area contributed by atoms with Gasteiger partial charge in [0.25, 0.3) is 0 Å². The summed E-state index contributed by atoms with van der Waals surface area (Å²) in [5.41, 5.74) is 3.26. The van der Waals surface area contributed by atoms with E-state index < -0.39 is 0 Å². The number of rotatable bonds is 6. The molecule has 2 heterocycles. The van der Waals surface area contributed by atoms with E-state index in [0.717, 1.165) is 27.3 Å². The third-order valence-corrected chi connectivity index (χ3v) is 6.46. The van der Waals surface area contributed by atoms with Crippen molar-refractivity contribution in [3.8, 4) is 22.9 Å². The van der Waals surface area contributed by atoms with E-state index in [4.69, 9.17) is 27.9 Å². The SMILES string of the molecule is O=C(Cc1ccc(Cl)s1)Nc1ccc2nc(-c3ccc(Oc4ccccc4Cl)cc3)[nH]c2c1. The normalized spacial score (nSPS) is 11.0. The monoisotopic (exact) mass is 493 g/mol. The van der Waals surface area contributed by atoms with Crippen molar-refractivity contribution in [2.24, 2.45) is 0 Å². The molecule has 5 nitrogen and oxygen atoms in total. The molecular formula is C25H17Cl2N3O2S. The van der Waals surface area contributed by atoms with Crippen molar-refractivity contribution < 1.29 is 9.53 Å². The largest absolute Gasteiger partial charge is 0.456 e. The molecule has 5 rings (SSSR count). The van der Waals surface area contributed by atoms with Gasteiger partial charge in [-0.15, -0.1) is 11.3 Å². The fourth-order valence-corrected chi connectivity index (χ4v) is 4.63. The van der Waals surface area contributed by atoms with Gasteiger partial charge in [-0.25, -0.2) is 4.98 Å². The van der Waals surface area contributed by atoms with Gasteiger partial charge in [-0.3, -0.25) is 4.79 Å². The summed E-state index contributed by atoms with van der Waals surface area (Å²) < 4.78 is 6.52. The van der Waals surface area contributed by atoms with Crippen molar-refractivity contribution in [2.45, 2.75) is 6.42 Å². The minimum atomic E-state index is -0.0956. The molecule has 1 amide bonds. The van der Waals surface area contributed by atoms with Crippen LogP contribution in [0.5, 0.6) is 11.5 Å². The maximum absolute atomic E-state index is 12.3. The molecule has 0 bridgehead atoms. The van der Waals surface area contributed by atoms with Gasteiger partial charge in [0.15, 0.2) is 0 Å². The Morgan fingerprint density at radius 2 is 1.82 bits per heavy atom. The number of aromatic amines is 1. The van der Waals surface area contributed by atoms with Gasteiger partial charge in [-0.1, -0.05) is 35.3 Å². The number of benzene rings is 3. The van der Waals surface area contributed by atoms with Crippen LogP contribution in [0.4, 0.5) is 5.69 Å². The van der Waals surface area contributed by atoms with Crippen LogP contribution < -0.4 is 10.1 Å². The van der Waals surface area contributed by atoms with Gasteiger partial charge >= 0.3 is 0 Å². The van der Waals surface area contributed by atoms with Crippen molar-refractivity contribution in [3.05, 3.63) is 93.1 Å². The number of anilines is 1. The average Bonchev–Trinajstić information content (AvgIpc) is 3.41. The number of amides is 1. The molecule has 0 saturated heterocycles. The molecule has 0 spiro atoms. The number of para-hydroxylation sites is 1. The number of halogens is 2. The Labute approximate surface area is 204 Å². The highest BCUT2D eigenvalue weighted by atomic mass is 35.5. The van der Waals surface area contributed by atoms with Gasteiger partial charge in [0, 0.05) is 16.1 Å². The van der Waals surface area contributed by atoms with Crippen LogP contribution in [0.2, 0.25) is 9.36 Å². The number of ether oxygens (including phenoxy) is 1. The van der Waals surface area contributed by atoms with E-state index in [2.05, 4.69) is 15.3 Å². The Kier molecular flexibility index (Phi) is 6.05. The van der Waals surface area contributed by atoms with E-state index in [1.165, 1.54) is 11.3 Å². The molecule has 164 valence electrons. The maximum Gasteiger partial charge on any atom is 0.229 e. The van der Waals surface area contributed by atoms with E-state index in [0.29, 0.717) is 26.5 Å². The highest BCUT2D eigenvalue weighted by Gasteiger charge is 2.10. The number of imidazole rings is 1. The number of fused-ring (bicyclic) bond motifs is 1. The van der Waals surface area contributed by atoms with E-state index in [9.17, 15) is 4.79 Å². The Bertz CT molecular complexity index is 1440. The summed E-state index contributed by atoms with van der Waals surface area (Å²) in [6, 6.07) is 24.2. The van der Waals surface area contributed by atoms with Crippen molar-refractivity contribution in [1.82, 2.24) is 9.97 Å². The summed E-state index contributed by atoms with van der Waals surface area (Å²) in [6.45, 7) is 0. The van der Waals surface area contributed by atoms with Crippen LogP contribution in [0, 0.1) is 0 Å². The fraction of sp³-hybridized carbons (Fsp3) is 0.0400. The van der Waals surface area contributed by atoms with E-state index in [1.54, 1.807) is 12.1 Å². The van der Waals surface area contributed by atoms with E-state index in [-0.39, 0.29) is 12.3 Å². The number of H-pyrrole nitrogens is 1. The first-order chi connectivity index (χ1) is 16.0. The molecule has 0 radical (unpaired) electrons. The molecule has 33 heavy (non-hydrogen) atoms. The van der Waals surface area contributed by atoms with Gasteiger partial charge in [-0.2, -0.15) is 0 Å². The first-order valence-electron chi connectivity index (χ1n) is 10.1. The molecule has 0 saturated carbocycles. The minimum Gasteiger partial charge on any atom is -0.456 e. The molecule has 0 aliphatic rings. The highest BCUT2D eigenvalue weighted by Crippen LogP contribution is 2.30. The number of hydrogen-bond donors (Lipinski definition) is 2. The first kappa shape index (κ1) is 21.5. The topological polar surface area (TPSA) is 67.0 Å². The Balaban J connectivity index is 1.30. The molecule has 8 heteroatoms. The van der Waals surface area contributed by atoms with Crippen LogP contribution in [0.25, 0.3) is 22.4 Å². The summed E-state index contributed by atoms with van der Waals surface area (Å²) in [7, 11) is 0. The number of nitrogens with zero attached hydrogens (tertiary/aromatic N) is 1. The third kappa shape index (κ3) is 5.03. The standard InChI is InChI=1S/C25H17Cl2N3O2S/c26-19-3-1-2-4-22(19)32-17-8-5-15(6-9-17)25-29-20-11-7-16(13-21(20)30-25)28-24(31)14-18-10-12-23(27)33-18/h1-13H,14H2,(H,28,31)(H,29,30). The molecule has 0 unspecified atom stereocenters. The van der Waals surface area contributed by atoms with Gasteiger partial charge in [-0.05, 0) is 66.7 Å². The van der Waals surface area contributed by atoms with Crippen LogP contribution in [-0.4, -0.2) is 15.9 Å². The van der Waals surface area contributed by atoms with Crippen LogP contribution in [0.15, 0.2) is 78.9 Å². The Hall–Kier alpha value is -3.32. The summed E-state index contributed by atoms with van der Waals surface area (Å²) in [6.07, 6.45) is 0.284. The average molecular weight is 494 g/mol. The second-order valence-corrected chi connectivity index (χ2v) is 9.51. The second-order valence-electron chi connectivity index (χ2n) is 7.30. The number of carbonyl (C=O) groups excluding carboxylic acids is 1. The number of hydrogen-bond acceptors (Lipinski definition) is 4. The lowest BCUT2D eigenvalue weighted by Gasteiger charge is -2.07. The van der Waals surface area contributed by atoms with E-state index >= 15 is 0 Å². The van der Waals surface area contributed by atoms with Crippen LogP contribution in [-0.2, 0) is 11.2 Å². The molecule has 0 aliphatic heterocycles. The lowest BCUT2D eigenvalue weighted by molar-refractivity contribution is -0.115. The zero-order chi connectivity index (χ0) is 22.8. The highest BCUT2D eigenvalue weighted by molar-refractivity contribution is 7.16. The van der Waals surface area contributed by atoms with Crippen molar-refractivity contribution in [2.75, 3.05) is 5.32 Å². The molecule has 0 aliphatic carbocycles. The van der Waals surface area contributed by atoms with Crippen molar-refractivity contribution in [1.29, 1.82) is 0 Å². The number of thiophene rings is 1. The predicted octanol–water partition coefficient (Wildman–Crippen LogP) is 7.57. The zero-order valence-electron chi connectivity index (χ0n) is 17.1. The lowest BCUT2D eigenvalue weighted by Crippen LogP contribution is -2.13. The molecule has 5 aromatic rings. The van der Waals surface area contributed by atoms with Gasteiger partial charge in [0.1, 0.15) is 17.3 Å². The van der Waals surface area contributed by atoms with Gasteiger partial charge in [0.05, 0.1) is 26.8 Å². The zero-order valence-corrected chi connectivity index (χ0v) is 19.5. The maximum atomic E-state index is 12.3. The van der Waals surface area contributed by atoms with Crippen LogP contribution in [0.1, 0.15) is 4.88 Å². The molecule has 2 aromatic heterocycles. The van der Waals surface area contributed by atoms with Crippen molar-refractivity contribution >= 4 is 57.2 Å². The Morgan fingerprint density at radius 3 is 2.58 bits per heavy atom. The molecular weight excluding hydrogens is 477 g/mol. The first-order valence-corrected chi connectivity index (χ1v) is 11.7. The summed E-state index contributed by atoms with van der Waals surface area (Å²) in [4.78, 5) is 21.2. The number of aromatic nitrogens is 2. The van der Waals surface area contributed by atoms with Crippen molar-refractivity contribution in [3.63, 3.8) is 0 Å². The fourth-order valence-electron chi connectivity index (χ4n) is 3.37. The Morgan fingerprint density at radius 1 is 1.00 bits per heavy atom.